The van der Waals surface area contributed by atoms with Gasteiger partial charge in [-0.1, -0.05) is 20.8 Å². The van der Waals surface area contributed by atoms with Gasteiger partial charge in [-0.2, -0.15) is 0 Å². The van der Waals surface area contributed by atoms with E-state index >= 15 is 0 Å². The van der Waals surface area contributed by atoms with Gasteiger partial charge in [0.05, 0.1) is 13.2 Å². The van der Waals surface area contributed by atoms with Crippen LogP contribution in [0.2, 0.25) is 0 Å². The number of carbonyl (C=O) groups excluding carboxylic acids is 2. The van der Waals surface area contributed by atoms with Gasteiger partial charge in [0.1, 0.15) is 0 Å². The van der Waals surface area contributed by atoms with E-state index in [9.17, 15) is 9.59 Å². The van der Waals surface area contributed by atoms with Crippen LogP contribution in [0.5, 0.6) is 0 Å². The Kier molecular flexibility index (Phi) is 7.68. The van der Waals surface area contributed by atoms with Crippen LogP contribution in [0.3, 0.4) is 0 Å². The molecule has 0 aromatic heterocycles. The zero-order valence-electron chi connectivity index (χ0n) is 9.75. The molecule has 0 saturated carbocycles. The molecule has 0 aliphatic rings. The van der Waals surface area contributed by atoms with Crippen molar-refractivity contribution in [1.29, 1.82) is 0 Å². The van der Waals surface area contributed by atoms with Gasteiger partial charge in [0.25, 0.3) is 0 Å². The first-order chi connectivity index (χ1) is 7.17. The molecule has 0 aliphatic heterocycles. The molecule has 0 aliphatic carbocycles. The minimum Gasteiger partial charge on any atom is -0.465 e. The molecule has 0 bridgehead atoms. The van der Waals surface area contributed by atoms with Crippen molar-refractivity contribution < 1.29 is 19.1 Å². The third-order valence-electron chi connectivity index (χ3n) is 1.87. The number of rotatable bonds is 7. The smallest absolute Gasteiger partial charge is 0.320 e. The van der Waals surface area contributed by atoms with Crippen molar-refractivity contribution in [2.24, 2.45) is 5.92 Å². The van der Waals surface area contributed by atoms with Gasteiger partial charge in [0, 0.05) is 0 Å². The van der Waals surface area contributed by atoms with Gasteiger partial charge in [-0.3, -0.25) is 9.59 Å². The van der Waals surface area contributed by atoms with Gasteiger partial charge in [0.15, 0.2) is 5.92 Å². The van der Waals surface area contributed by atoms with Crippen molar-refractivity contribution in [2.75, 3.05) is 13.2 Å². The van der Waals surface area contributed by atoms with Gasteiger partial charge in [-0.05, 0) is 19.3 Å². The standard InChI is InChI=1S/C11H20O4/c1-4-7-14-10(12)9(6-3)11(13)15-8-5-2/h9H,4-8H2,1-3H3. The molecule has 0 heterocycles. The van der Waals surface area contributed by atoms with Crippen LogP contribution in [-0.2, 0) is 19.1 Å². The fourth-order valence-corrected chi connectivity index (χ4v) is 1.04. The summed E-state index contributed by atoms with van der Waals surface area (Å²) in [4.78, 5) is 22.8. The highest BCUT2D eigenvalue weighted by Gasteiger charge is 2.27. The first-order valence-electron chi connectivity index (χ1n) is 5.50. The van der Waals surface area contributed by atoms with Crippen LogP contribution >= 0.6 is 0 Å². The number of hydrogen-bond donors (Lipinski definition) is 0. The molecular weight excluding hydrogens is 196 g/mol. The summed E-state index contributed by atoms with van der Waals surface area (Å²) in [5.74, 6) is -1.70. The predicted octanol–water partition coefficient (Wildman–Crippen LogP) is 1.92. The third-order valence-corrected chi connectivity index (χ3v) is 1.87. The maximum absolute atomic E-state index is 11.4. The summed E-state index contributed by atoms with van der Waals surface area (Å²) in [7, 11) is 0. The molecule has 0 N–H and O–H groups in total. The second-order valence-corrected chi connectivity index (χ2v) is 3.30. The minimum absolute atomic E-state index is 0.358. The average Bonchev–Trinajstić information content (AvgIpc) is 2.24. The lowest BCUT2D eigenvalue weighted by Gasteiger charge is -2.12. The fraction of sp³-hybridized carbons (Fsp3) is 0.818. The molecule has 0 aromatic rings. The first-order valence-corrected chi connectivity index (χ1v) is 5.50. The normalized spacial score (nSPS) is 10.1. The number of ether oxygens (including phenoxy) is 2. The number of esters is 2. The fourth-order valence-electron chi connectivity index (χ4n) is 1.04. The Balaban J connectivity index is 4.09. The van der Waals surface area contributed by atoms with E-state index in [0.29, 0.717) is 19.6 Å². The number of carbonyl (C=O) groups is 2. The zero-order valence-corrected chi connectivity index (χ0v) is 9.75. The topological polar surface area (TPSA) is 52.6 Å². The van der Waals surface area contributed by atoms with Crippen LogP contribution in [-0.4, -0.2) is 25.2 Å². The maximum Gasteiger partial charge on any atom is 0.320 e. The highest BCUT2D eigenvalue weighted by atomic mass is 16.6. The second kappa shape index (κ2) is 8.26. The van der Waals surface area contributed by atoms with E-state index in [-0.39, 0.29) is 0 Å². The Morgan fingerprint density at radius 3 is 1.60 bits per heavy atom. The van der Waals surface area contributed by atoms with Crippen LogP contribution in [0, 0.1) is 5.92 Å². The van der Waals surface area contributed by atoms with Gasteiger partial charge in [-0.25, -0.2) is 0 Å². The van der Waals surface area contributed by atoms with E-state index in [0.717, 1.165) is 12.8 Å². The summed E-state index contributed by atoms with van der Waals surface area (Å²) in [5, 5.41) is 0. The Labute approximate surface area is 90.9 Å². The molecule has 4 heteroatoms. The summed E-state index contributed by atoms with van der Waals surface area (Å²) in [6, 6.07) is 0. The maximum atomic E-state index is 11.4. The Morgan fingerprint density at radius 1 is 0.933 bits per heavy atom. The highest BCUT2D eigenvalue weighted by molar-refractivity contribution is 5.94. The second-order valence-electron chi connectivity index (χ2n) is 3.30. The van der Waals surface area contributed by atoms with E-state index in [1.54, 1.807) is 6.92 Å². The van der Waals surface area contributed by atoms with Gasteiger partial charge >= 0.3 is 11.9 Å². The Morgan fingerprint density at radius 2 is 1.33 bits per heavy atom. The van der Waals surface area contributed by atoms with Gasteiger partial charge in [-0.15, -0.1) is 0 Å². The monoisotopic (exact) mass is 216 g/mol. The van der Waals surface area contributed by atoms with E-state index in [1.165, 1.54) is 0 Å². The molecule has 0 unspecified atom stereocenters. The Hall–Kier alpha value is -1.06. The largest absolute Gasteiger partial charge is 0.465 e. The van der Waals surface area contributed by atoms with E-state index in [2.05, 4.69) is 0 Å². The lowest BCUT2D eigenvalue weighted by molar-refractivity contribution is -0.162. The SMILES string of the molecule is CCCOC(=O)C(CC)C(=O)OCCC. The molecule has 0 spiro atoms. The van der Waals surface area contributed by atoms with Crippen LogP contribution in [0.25, 0.3) is 0 Å². The molecule has 88 valence electrons. The van der Waals surface area contributed by atoms with Crippen molar-refractivity contribution in [3.63, 3.8) is 0 Å². The molecule has 15 heavy (non-hydrogen) atoms. The van der Waals surface area contributed by atoms with E-state index in [4.69, 9.17) is 9.47 Å². The van der Waals surface area contributed by atoms with Crippen molar-refractivity contribution >= 4 is 11.9 Å². The van der Waals surface area contributed by atoms with Crippen LogP contribution in [0.15, 0.2) is 0 Å². The molecule has 0 amide bonds. The average molecular weight is 216 g/mol. The lowest BCUT2D eigenvalue weighted by Crippen LogP contribution is -2.27. The molecule has 0 radical (unpaired) electrons. The van der Waals surface area contributed by atoms with E-state index < -0.39 is 17.9 Å². The van der Waals surface area contributed by atoms with Crippen molar-refractivity contribution in [3.05, 3.63) is 0 Å². The Bertz CT molecular complexity index is 181. The van der Waals surface area contributed by atoms with Gasteiger partial charge in [0.2, 0.25) is 0 Å². The van der Waals surface area contributed by atoms with Gasteiger partial charge < -0.3 is 9.47 Å². The number of hydrogen-bond acceptors (Lipinski definition) is 4. The van der Waals surface area contributed by atoms with E-state index in [1.807, 2.05) is 13.8 Å². The zero-order chi connectivity index (χ0) is 11.7. The lowest BCUT2D eigenvalue weighted by atomic mass is 10.1. The highest BCUT2D eigenvalue weighted by Crippen LogP contribution is 2.08. The molecule has 0 atom stereocenters. The summed E-state index contributed by atoms with van der Waals surface area (Å²) in [5.41, 5.74) is 0. The molecule has 4 nitrogen and oxygen atoms in total. The summed E-state index contributed by atoms with van der Waals surface area (Å²) < 4.78 is 9.81. The summed E-state index contributed by atoms with van der Waals surface area (Å²) >= 11 is 0. The summed E-state index contributed by atoms with van der Waals surface area (Å²) in [6.45, 7) is 6.30. The molecular formula is C11H20O4. The molecule has 0 rings (SSSR count). The van der Waals surface area contributed by atoms with Crippen molar-refractivity contribution in [1.82, 2.24) is 0 Å². The predicted molar refractivity (Wildman–Crippen MR) is 56.3 cm³/mol. The summed E-state index contributed by atoms with van der Waals surface area (Å²) in [6.07, 6.45) is 1.93. The van der Waals surface area contributed by atoms with Crippen LogP contribution in [0.4, 0.5) is 0 Å². The van der Waals surface area contributed by atoms with Crippen molar-refractivity contribution in [2.45, 2.75) is 40.0 Å². The first kappa shape index (κ1) is 13.9. The molecule has 0 saturated heterocycles. The quantitative estimate of drug-likeness (QED) is 0.482. The molecule has 0 aromatic carbocycles. The third kappa shape index (κ3) is 5.40. The van der Waals surface area contributed by atoms with Crippen LogP contribution in [0.1, 0.15) is 40.0 Å². The minimum atomic E-state index is -0.761. The van der Waals surface area contributed by atoms with Crippen molar-refractivity contribution in [3.8, 4) is 0 Å². The molecule has 0 fully saturated rings. The van der Waals surface area contributed by atoms with Crippen LogP contribution < -0.4 is 0 Å².